The van der Waals surface area contributed by atoms with Crippen LogP contribution in [0.5, 0.6) is 0 Å². The van der Waals surface area contributed by atoms with Crippen molar-refractivity contribution in [3.63, 3.8) is 0 Å². The number of amides is 1. The Balaban J connectivity index is 1.49. The molecule has 1 aromatic heterocycles. The van der Waals surface area contributed by atoms with Crippen LogP contribution < -0.4 is 5.32 Å². The number of benzene rings is 2. The summed E-state index contributed by atoms with van der Waals surface area (Å²) >= 11 is 4.86. The number of rotatable bonds is 7. The highest BCUT2D eigenvalue weighted by Crippen LogP contribution is 2.25. The topological polar surface area (TPSA) is 63.1 Å². The van der Waals surface area contributed by atoms with Gasteiger partial charge in [0.25, 0.3) is 0 Å². The fraction of sp³-hybridized carbons (Fsp3) is 0.318. The van der Waals surface area contributed by atoms with Crippen molar-refractivity contribution in [2.24, 2.45) is 0 Å². The molecule has 156 valence electrons. The second kappa shape index (κ2) is 9.76. The number of hydrogen-bond acceptors (Lipinski definition) is 5. The zero-order chi connectivity index (χ0) is 20.9. The number of hydrogen-bond donors (Lipinski definition) is 1. The molecular formula is C22H24BrN5OS. The maximum Gasteiger partial charge on any atom is 0.234 e. The summed E-state index contributed by atoms with van der Waals surface area (Å²) in [6.45, 7) is 4.94. The van der Waals surface area contributed by atoms with Crippen LogP contribution in [0.4, 0.5) is 5.69 Å². The molecule has 0 atom stereocenters. The number of para-hydroxylation sites is 1. The van der Waals surface area contributed by atoms with Crippen LogP contribution in [-0.4, -0.2) is 44.4 Å². The summed E-state index contributed by atoms with van der Waals surface area (Å²) in [5.41, 5.74) is 2.86. The van der Waals surface area contributed by atoms with Gasteiger partial charge in [0.1, 0.15) is 0 Å². The first kappa shape index (κ1) is 21.1. The molecule has 0 aliphatic carbocycles. The SMILES string of the molecule is Cc1cc(Br)ccc1NC(=O)CSc1nnc(CN2CCCC2)n1-c1ccccc1. The molecule has 1 fully saturated rings. The molecule has 3 aromatic rings. The molecule has 0 radical (unpaired) electrons. The number of aryl methyl sites for hydroxylation is 1. The minimum absolute atomic E-state index is 0.0610. The number of carbonyl (C=O) groups excluding carboxylic acids is 1. The number of carbonyl (C=O) groups is 1. The predicted octanol–water partition coefficient (Wildman–Crippen LogP) is 4.66. The molecule has 6 nitrogen and oxygen atoms in total. The number of anilines is 1. The van der Waals surface area contributed by atoms with Crippen molar-refractivity contribution in [3.05, 3.63) is 64.4 Å². The summed E-state index contributed by atoms with van der Waals surface area (Å²) in [5, 5.41) is 12.6. The van der Waals surface area contributed by atoms with Gasteiger partial charge in [0, 0.05) is 15.8 Å². The molecular weight excluding hydrogens is 462 g/mol. The van der Waals surface area contributed by atoms with E-state index in [0.717, 1.165) is 52.0 Å². The van der Waals surface area contributed by atoms with E-state index in [1.165, 1.54) is 24.6 Å². The number of aromatic nitrogens is 3. The third-order valence-corrected chi connectivity index (χ3v) is 6.50. The van der Waals surface area contributed by atoms with Crippen LogP contribution in [-0.2, 0) is 11.3 Å². The van der Waals surface area contributed by atoms with Crippen molar-refractivity contribution >= 4 is 39.3 Å². The van der Waals surface area contributed by atoms with E-state index in [0.29, 0.717) is 0 Å². The summed E-state index contributed by atoms with van der Waals surface area (Å²) in [6.07, 6.45) is 2.47. The van der Waals surface area contributed by atoms with Crippen molar-refractivity contribution in [1.29, 1.82) is 0 Å². The summed E-state index contributed by atoms with van der Waals surface area (Å²) in [7, 11) is 0. The Kier molecular flexibility index (Phi) is 6.86. The van der Waals surface area contributed by atoms with E-state index in [4.69, 9.17) is 0 Å². The molecule has 0 saturated carbocycles. The Hall–Kier alpha value is -2.16. The Labute approximate surface area is 189 Å². The molecule has 1 aliphatic rings. The molecule has 0 spiro atoms. The number of nitrogens with zero attached hydrogens (tertiary/aromatic N) is 4. The minimum Gasteiger partial charge on any atom is -0.325 e. The highest BCUT2D eigenvalue weighted by Gasteiger charge is 2.20. The van der Waals surface area contributed by atoms with Crippen LogP contribution >= 0.6 is 27.7 Å². The van der Waals surface area contributed by atoms with Crippen molar-refractivity contribution < 1.29 is 4.79 Å². The van der Waals surface area contributed by atoms with Gasteiger partial charge < -0.3 is 5.32 Å². The first-order valence-corrected chi connectivity index (χ1v) is 11.8. The second-order valence-electron chi connectivity index (χ2n) is 7.35. The first-order chi connectivity index (χ1) is 14.6. The predicted molar refractivity (Wildman–Crippen MR) is 124 cm³/mol. The molecule has 30 heavy (non-hydrogen) atoms. The Bertz CT molecular complexity index is 1020. The zero-order valence-corrected chi connectivity index (χ0v) is 19.2. The van der Waals surface area contributed by atoms with Gasteiger partial charge in [-0.15, -0.1) is 10.2 Å². The monoisotopic (exact) mass is 485 g/mol. The fourth-order valence-electron chi connectivity index (χ4n) is 3.56. The van der Waals surface area contributed by atoms with Crippen LogP contribution in [0.3, 0.4) is 0 Å². The quantitative estimate of drug-likeness (QED) is 0.492. The van der Waals surface area contributed by atoms with E-state index in [9.17, 15) is 4.79 Å². The Morgan fingerprint density at radius 2 is 1.90 bits per heavy atom. The van der Waals surface area contributed by atoms with E-state index in [-0.39, 0.29) is 11.7 Å². The highest BCUT2D eigenvalue weighted by molar-refractivity contribution is 9.10. The van der Waals surface area contributed by atoms with E-state index in [1.807, 2.05) is 55.5 Å². The molecule has 8 heteroatoms. The second-order valence-corrected chi connectivity index (χ2v) is 9.21. The Morgan fingerprint density at radius 3 is 2.63 bits per heavy atom. The van der Waals surface area contributed by atoms with Gasteiger partial charge in [-0.2, -0.15) is 0 Å². The lowest BCUT2D eigenvalue weighted by Gasteiger charge is -2.16. The minimum atomic E-state index is -0.0610. The van der Waals surface area contributed by atoms with Crippen LogP contribution in [0, 0.1) is 6.92 Å². The molecule has 0 bridgehead atoms. The lowest BCUT2D eigenvalue weighted by atomic mass is 10.2. The Morgan fingerprint density at radius 1 is 1.13 bits per heavy atom. The largest absolute Gasteiger partial charge is 0.325 e. The first-order valence-electron chi connectivity index (χ1n) is 10.0. The van der Waals surface area contributed by atoms with Gasteiger partial charge in [-0.05, 0) is 68.8 Å². The lowest BCUT2D eigenvalue weighted by Crippen LogP contribution is -2.21. The third-order valence-electron chi connectivity index (χ3n) is 5.07. The number of thioether (sulfide) groups is 1. The summed E-state index contributed by atoms with van der Waals surface area (Å²) in [4.78, 5) is 15.0. The summed E-state index contributed by atoms with van der Waals surface area (Å²) in [6, 6.07) is 15.9. The zero-order valence-electron chi connectivity index (χ0n) is 16.8. The van der Waals surface area contributed by atoms with E-state index in [2.05, 4.69) is 40.9 Å². The number of likely N-dealkylation sites (tertiary alicyclic amines) is 1. The molecule has 0 unspecified atom stereocenters. The van der Waals surface area contributed by atoms with E-state index in [1.54, 1.807) is 0 Å². The van der Waals surface area contributed by atoms with E-state index < -0.39 is 0 Å². The third kappa shape index (κ3) is 5.11. The number of halogens is 1. The standard InChI is InChI=1S/C22H24BrN5OS/c1-16-13-17(23)9-10-19(16)24-21(29)15-30-22-26-25-20(14-27-11-5-6-12-27)28(22)18-7-3-2-4-8-18/h2-4,7-10,13H,5-6,11-12,14-15H2,1H3,(H,24,29). The van der Waals surface area contributed by atoms with Gasteiger partial charge in [-0.1, -0.05) is 45.9 Å². The normalized spacial score (nSPS) is 14.2. The van der Waals surface area contributed by atoms with Gasteiger partial charge in [-0.25, -0.2) is 0 Å². The van der Waals surface area contributed by atoms with Gasteiger partial charge in [0.15, 0.2) is 11.0 Å². The van der Waals surface area contributed by atoms with Crippen molar-refractivity contribution in [1.82, 2.24) is 19.7 Å². The molecule has 1 saturated heterocycles. The van der Waals surface area contributed by atoms with Gasteiger partial charge in [0.05, 0.1) is 12.3 Å². The van der Waals surface area contributed by atoms with Crippen LogP contribution in [0.1, 0.15) is 24.2 Å². The molecule has 2 heterocycles. The molecule has 1 aliphatic heterocycles. The maximum atomic E-state index is 12.5. The average Bonchev–Trinajstić information content (AvgIpc) is 3.39. The van der Waals surface area contributed by atoms with Gasteiger partial charge in [-0.3, -0.25) is 14.3 Å². The summed E-state index contributed by atoms with van der Waals surface area (Å²) in [5.74, 6) is 1.12. The van der Waals surface area contributed by atoms with Gasteiger partial charge >= 0.3 is 0 Å². The molecule has 1 N–H and O–H groups in total. The molecule has 4 rings (SSSR count). The summed E-state index contributed by atoms with van der Waals surface area (Å²) < 4.78 is 3.06. The van der Waals surface area contributed by atoms with Crippen molar-refractivity contribution in [2.45, 2.75) is 31.5 Å². The highest BCUT2D eigenvalue weighted by atomic mass is 79.9. The molecule has 2 aromatic carbocycles. The molecule has 1 amide bonds. The van der Waals surface area contributed by atoms with Crippen LogP contribution in [0.25, 0.3) is 5.69 Å². The van der Waals surface area contributed by atoms with Crippen LogP contribution in [0.2, 0.25) is 0 Å². The number of nitrogens with one attached hydrogen (secondary N) is 1. The van der Waals surface area contributed by atoms with Crippen molar-refractivity contribution in [3.8, 4) is 5.69 Å². The van der Waals surface area contributed by atoms with Crippen LogP contribution in [0.15, 0.2) is 58.2 Å². The maximum absolute atomic E-state index is 12.5. The lowest BCUT2D eigenvalue weighted by molar-refractivity contribution is -0.113. The smallest absolute Gasteiger partial charge is 0.234 e. The van der Waals surface area contributed by atoms with Gasteiger partial charge in [0.2, 0.25) is 5.91 Å². The van der Waals surface area contributed by atoms with Crippen molar-refractivity contribution in [2.75, 3.05) is 24.2 Å². The fourth-order valence-corrected chi connectivity index (χ4v) is 4.80. The van der Waals surface area contributed by atoms with E-state index >= 15 is 0 Å². The average molecular weight is 486 g/mol.